The van der Waals surface area contributed by atoms with E-state index >= 15 is 0 Å². The van der Waals surface area contributed by atoms with Crippen LogP contribution in [0, 0.1) is 5.92 Å². The normalized spacial score (nSPS) is 42.4. The summed E-state index contributed by atoms with van der Waals surface area (Å²) < 4.78 is 21.0. The van der Waals surface area contributed by atoms with Gasteiger partial charge in [0.25, 0.3) is 0 Å². The van der Waals surface area contributed by atoms with Gasteiger partial charge >= 0.3 is 5.97 Å². The van der Waals surface area contributed by atoms with Crippen LogP contribution < -0.4 is 5.73 Å². The van der Waals surface area contributed by atoms with Crippen molar-refractivity contribution >= 4 is 5.97 Å². The Kier molecular flexibility index (Phi) is 9.54. The van der Waals surface area contributed by atoms with Crippen molar-refractivity contribution in [3.8, 4) is 0 Å². The van der Waals surface area contributed by atoms with Gasteiger partial charge in [-0.05, 0) is 12.3 Å². The molecule has 0 aromatic rings. The van der Waals surface area contributed by atoms with Crippen molar-refractivity contribution in [3.63, 3.8) is 0 Å². The number of nitrogens with two attached hydrogens (primary N) is 1. The van der Waals surface area contributed by atoms with E-state index in [2.05, 4.69) is 0 Å². The number of rotatable bonds is 8. The Morgan fingerprint density at radius 1 is 0.871 bits per heavy atom. The Bertz CT molecular complexity index is 578. The maximum atomic E-state index is 12.3. The van der Waals surface area contributed by atoms with Gasteiger partial charge in [0.05, 0.1) is 13.2 Å². The first-order chi connectivity index (χ1) is 14.5. The zero-order valence-corrected chi connectivity index (χ0v) is 17.3. The molecule has 0 aromatic carbocycles. The van der Waals surface area contributed by atoms with Gasteiger partial charge < -0.3 is 60.4 Å². The van der Waals surface area contributed by atoms with E-state index in [0.717, 1.165) is 0 Å². The van der Waals surface area contributed by atoms with E-state index in [9.17, 15) is 40.5 Å². The largest absolute Gasteiger partial charge is 0.455 e. The van der Waals surface area contributed by atoms with Crippen molar-refractivity contribution in [2.24, 2.45) is 11.7 Å². The van der Waals surface area contributed by atoms with E-state index < -0.39 is 86.6 Å². The van der Waals surface area contributed by atoms with Crippen LogP contribution in [0.15, 0.2) is 0 Å². The third-order valence-electron chi connectivity index (χ3n) is 5.22. The first-order valence-electron chi connectivity index (χ1n) is 10.1. The summed E-state index contributed by atoms with van der Waals surface area (Å²) in [4.78, 5) is 12.3. The number of aliphatic hydroxyl groups is 7. The van der Waals surface area contributed by atoms with E-state index in [0.29, 0.717) is 6.42 Å². The molecule has 0 spiro atoms. The van der Waals surface area contributed by atoms with E-state index in [1.807, 2.05) is 13.8 Å². The van der Waals surface area contributed by atoms with Crippen molar-refractivity contribution in [2.75, 3.05) is 13.2 Å². The molecule has 9 N–H and O–H groups in total. The lowest BCUT2D eigenvalue weighted by molar-refractivity contribution is -0.376. The zero-order valence-electron chi connectivity index (χ0n) is 17.3. The number of hydrogen-bond donors (Lipinski definition) is 8. The molecule has 2 rings (SSSR count). The number of carbonyl (C=O) groups excluding carboxylic acids is 1. The lowest BCUT2D eigenvalue weighted by atomic mass is 9.97. The SMILES string of the molecule is CC(C)C[C@H](N)C(=O)O[C@@H]1[C@@H](O)[C@@H](O[C@H]2O[C@H](CO)[C@@H](O)[C@H](O)[C@H]2O)O[C@H](CO)[C@H]1O. The molecule has 0 unspecified atom stereocenters. The van der Waals surface area contributed by atoms with Crippen LogP contribution in [0.1, 0.15) is 20.3 Å². The summed E-state index contributed by atoms with van der Waals surface area (Å²) >= 11 is 0. The lowest BCUT2D eigenvalue weighted by Gasteiger charge is -2.45. The highest BCUT2D eigenvalue weighted by Gasteiger charge is 2.51. The number of hydrogen-bond acceptors (Lipinski definition) is 13. The van der Waals surface area contributed by atoms with Gasteiger partial charge in [0.2, 0.25) is 0 Å². The van der Waals surface area contributed by atoms with Crippen LogP contribution in [0.2, 0.25) is 0 Å². The van der Waals surface area contributed by atoms with Crippen LogP contribution in [0.5, 0.6) is 0 Å². The van der Waals surface area contributed by atoms with Gasteiger partial charge in [-0.2, -0.15) is 0 Å². The predicted octanol–water partition coefficient (Wildman–Crippen LogP) is -4.47. The Morgan fingerprint density at radius 2 is 1.39 bits per heavy atom. The molecule has 13 heteroatoms. The van der Waals surface area contributed by atoms with Gasteiger partial charge in [0.15, 0.2) is 18.7 Å². The highest BCUT2D eigenvalue weighted by Crippen LogP contribution is 2.29. The topological polar surface area (TPSA) is 222 Å². The summed E-state index contributed by atoms with van der Waals surface area (Å²) in [5, 5.41) is 69.5. The van der Waals surface area contributed by atoms with Gasteiger partial charge in [-0.25, -0.2) is 0 Å². The second kappa shape index (κ2) is 11.2. The Morgan fingerprint density at radius 3 is 1.90 bits per heavy atom. The Hall–Kier alpha value is -0.970. The number of esters is 1. The van der Waals surface area contributed by atoms with Crippen molar-refractivity contribution < 1.29 is 59.5 Å². The van der Waals surface area contributed by atoms with Crippen molar-refractivity contribution in [1.82, 2.24) is 0 Å². The minimum atomic E-state index is -1.79. The molecule has 0 bridgehead atoms. The van der Waals surface area contributed by atoms with E-state index in [-0.39, 0.29) is 5.92 Å². The maximum absolute atomic E-state index is 12.3. The molecule has 0 aromatic heterocycles. The summed E-state index contributed by atoms with van der Waals surface area (Å²) in [6, 6.07) is -1.01. The first-order valence-corrected chi connectivity index (χ1v) is 10.1. The highest BCUT2D eigenvalue weighted by molar-refractivity contribution is 5.75. The van der Waals surface area contributed by atoms with Crippen molar-refractivity contribution in [1.29, 1.82) is 0 Å². The van der Waals surface area contributed by atoms with Crippen molar-refractivity contribution in [2.45, 2.75) is 87.7 Å². The monoisotopic (exact) mass is 455 g/mol. The molecule has 31 heavy (non-hydrogen) atoms. The highest BCUT2D eigenvalue weighted by atomic mass is 16.8. The molecule has 2 saturated heterocycles. The summed E-state index contributed by atoms with van der Waals surface area (Å²) in [5.74, 6) is -0.804. The zero-order chi connectivity index (χ0) is 23.5. The van der Waals surface area contributed by atoms with Gasteiger partial charge in [-0.3, -0.25) is 4.79 Å². The van der Waals surface area contributed by atoms with Gasteiger partial charge in [0, 0.05) is 0 Å². The van der Waals surface area contributed by atoms with Crippen LogP contribution in [0.3, 0.4) is 0 Å². The van der Waals surface area contributed by atoms with E-state index in [1.165, 1.54) is 0 Å². The molecule has 0 aliphatic carbocycles. The maximum Gasteiger partial charge on any atom is 0.323 e. The third kappa shape index (κ3) is 6.09. The summed E-state index contributed by atoms with van der Waals surface area (Å²) in [5.41, 5.74) is 5.78. The smallest absolute Gasteiger partial charge is 0.323 e. The van der Waals surface area contributed by atoms with Gasteiger partial charge in [-0.15, -0.1) is 0 Å². The number of carbonyl (C=O) groups is 1. The lowest BCUT2D eigenvalue weighted by Crippen LogP contribution is -2.64. The molecule has 0 saturated carbocycles. The molecule has 2 fully saturated rings. The predicted molar refractivity (Wildman–Crippen MR) is 99.9 cm³/mol. The van der Waals surface area contributed by atoms with Crippen LogP contribution in [-0.2, 0) is 23.7 Å². The van der Waals surface area contributed by atoms with Crippen molar-refractivity contribution in [3.05, 3.63) is 0 Å². The van der Waals surface area contributed by atoms with Gasteiger partial charge in [-0.1, -0.05) is 13.8 Å². The molecular weight excluding hydrogens is 422 g/mol. The summed E-state index contributed by atoms with van der Waals surface area (Å²) in [6.07, 6.45) is -15.8. The van der Waals surface area contributed by atoms with E-state index in [1.54, 1.807) is 0 Å². The average molecular weight is 455 g/mol. The molecule has 2 aliphatic heterocycles. The standard InChI is InChI=1S/C18H33NO12/c1-6(2)3-7(19)16(27)30-15-11(23)9(5-21)29-18(14(15)26)31-17-13(25)12(24)10(22)8(4-20)28-17/h6-15,17-18,20-26H,3-5,19H2,1-2H3/t7-,8+,9+,10+,11+,12-,13+,14+,15-,17+,18+/m0/s1. The molecule has 2 aliphatic rings. The second-order valence-corrected chi connectivity index (χ2v) is 8.18. The Balaban J connectivity index is 2.13. The minimum Gasteiger partial charge on any atom is -0.455 e. The fraction of sp³-hybridized carbons (Fsp3) is 0.944. The second-order valence-electron chi connectivity index (χ2n) is 8.18. The first kappa shape index (κ1) is 26.3. The molecule has 11 atom stereocenters. The Labute approximate surface area is 178 Å². The third-order valence-corrected chi connectivity index (χ3v) is 5.22. The van der Waals surface area contributed by atoms with Crippen LogP contribution >= 0.6 is 0 Å². The van der Waals surface area contributed by atoms with Crippen LogP contribution in [0.25, 0.3) is 0 Å². The molecule has 13 nitrogen and oxygen atoms in total. The minimum absolute atomic E-state index is 0.0829. The summed E-state index contributed by atoms with van der Waals surface area (Å²) in [7, 11) is 0. The fourth-order valence-electron chi connectivity index (χ4n) is 3.44. The van der Waals surface area contributed by atoms with E-state index in [4.69, 9.17) is 24.7 Å². The fourth-order valence-corrected chi connectivity index (χ4v) is 3.44. The number of ether oxygens (including phenoxy) is 4. The van der Waals surface area contributed by atoms with Crippen LogP contribution in [-0.4, -0.2) is 122 Å². The molecule has 0 amide bonds. The number of aliphatic hydroxyl groups excluding tert-OH is 7. The molecule has 0 radical (unpaired) electrons. The van der Waals surface area contributed by atoms with Crippen LogP contribution in [0.4, 0.5) is 0 Å². The summed E-state index contributed by atoms with van der Waals surface area (Å²) in [6.45, 7) is 2.26. The molecular formula is C18H33NO12. The quantitative estimate of drug-likeness (QED) is 0.162. The van der Waals surface area contributed by atoms with Gasteiger partial charge in [0.1, 0.15) is 48.8 Å². The molecule has 2 heterocycles. The average Bonchev–Trinajstić information content (AvgIpc) is 2.72. The molecule has 182 valence electrons.